The van der Waals surface area contributed by atoms with Crippen LogP contribution in [0.4, 0.5) is 18.9 Å². The molecular formula is C13H10F3NO3. The zero-order valence-corrected chi connectivity index (χ0v) is 10.3. The summed E-state index contributed by atoms with van der Waals surface area (Å²) in [6, 6.07) is 6.46. The van der Waals surface area contributed by atoms with Crippen LogP contribution < -0.4 is 10.1 Å². The third-order valence-electron chi connectivity index (χ3n) is 2.41. The van der Waals surface area contributed by atoms with E-state index in [1.54, 1.807) is 13.0 Å². The number of amides is 1. The summed E-state index contributed by atoms with van der Waals surface area (Å²) in [5.74, 6) is -0.678. The highest BCUT2D eigenvalue weighted by Gasteiger charge is 2.30. The smallest absolute Gasteiger partial charge is 0.459 e. The van der Waals surface area contributed by atoms with E-state index in [2.05, 4.69) is 10.1 Å². The van der Waals surface area contributed by atoms with Crippen molar-refractivity contribution in [3.8, 4) is 5.75 Å². The molecule has 0 fully saturated rings. The lowest BCUT2D eigenvalue weighted by Crippen LogP contribution is -2.17. The molecule has 1 aromatic heterocycles. The Morgan fingerprint density at radius 3 is 2.35 bits per heavy atom. The highest BCUT2D eigenvalue weighted by molar-refractivity contribution is 6.03. The Morgan fingerprint density at radius 2 is 1.85 bits per heavy atom. The first-order valence-corrected chi connectivity index (χ1v) is 5.56. The van der Waals surface area contributed by atoms with Gasteiger partial charge < -0.3 is 14.5 Å². The van der Waals surface area contributed by atoms with Crippen molar-refractivity contribution in [1.82, 2.24) is 0 Å². The number of nitrogens with one attached hydrogen (secondary N) is 1. The Hall–Kier alpha value is -2.44. The molecule has 7 heteroatoms. The molecule has 2 rings (SSSR count). The standard InChI is InChI=1S/C13H10F3NO3/c1-8-6-7-19-11(8)12(18)17-9-2-4-10(5-3-9)20-13(14,15)16/h2-7H,1H3,(H,17,18). The molecule has 1 N–H and O–H groups in total. The van der Waals surface area contributed by atoms with E-state index in [1.165, 1.54) is 18.4 Å². The topological polar surface area (TPSA) is 51.5 Å². The molecule has 0 saturated carbocycles. The summed E-state index contributed by atoms with van der Waals surface area (Å²) < 4.78 is 44.7. The van der Waals surface area contributed by atoms with Gasteiger partial charge in [-0.25, -0.2) is 0 Å². The van der Waals surface area contributed by atoms with Gasteiger partial charge in [0.2, 0.25) is 0 Å². The van der Waals surface area contributed by atoms with Crippen LogP contribution in [-0.2, 0) is 0 Å². The van der Waals surface area contributed by atoms with E-state index < -0.39 is 12.3 Å². The van der Waals surface area contributed by atoms with Crippen LogP contribution in [0, 0.1) is 6.92 Å². The fraction of sp³-hybridized carbons (Fsp3) is 0.154. The van der Waals surface area contributed by atoms with Gasteiger partial charge in [0.05, 0.1) is 6.26 Å². The highest BCUT2D eigenvalue weighted by Crippen LogP contribution is 2.24. The van der Waals surface area contributed by atoms with Gasteiger partial charge in [0, 0.05) is 11.3 Å². The van der Waals surface area contributed by atoms with Gasteiger partial charge in [0.15, 0.2) is 5.76 Å². The fourth-order valence-corrected chi connectivity index (χ4v) is 1.53. The third kappa shape index (κ3) is 3.53. The van der Waals surface area contributed by atoms with Crippen molar-refractivity contribution in [3.63, 3.8) is 0 Å². The van der Waals surface area contributed by atoms with E-state index in [1.807, 2.05) is 0 Å². The fourth-order valence-electron chi connectivity index (χ4n) is 1.53. The Balaban J connectivity index is 2.04. The van der Waals surface area contributed by atoms with Crippen molar-refractivity contribution >= 4 is 11.6 Å². The van der Waals surface area contributed by atoms with Crippen molar-refractivity contribution in [2.24, 2.45) is 0 Å². The average molecular weight is 285 g/mol. The van der Waals surface area contributed by atoms with Gasteiger partial charge in [-0.15, -0.1) is 13.2 Å². The Labute approximate surface area is 112 Å². The van der Waals surface area contributed by atoms with E-state index in [4.69, 9.17) is 4.42 Å². The predicted octanol–water partition coefficient (Wildman–Crippen LogP) is 3.74. The van der Waals surface area contributed by atoms with Crippen LogP contribution in [0.1, 0.15) is 16.1 Å². The molecule has 20 heavy (non-hydrogen) atoms. The van der Waals surface area contributed by atoms with Crippen LogP contribution in [0.2, 0.25) is 0 Å². The molecule has 0 bridgehead atoms. The highest BCUT2D eigenvalue weighted by atomic mass is 19.4. The summed E-state index contributed by atoms with van der Waals surface area (Å²) in [7, 11) is 0. The van der Waals surface area contributed by atoms with Gasteiger partial charge in [-0.2, -0.15) is 0 Å². The van der Waals surface area contributed by atoms with Crippen molar-refractivity contribution in [2.45, 2.75) is 13.3 Å². The van der Waals surface area contributed by atoms with E-state index in [0.717, 1.165) is 12.1 Å². The lowest BCUT2D eigenvalue weighted by atomic mass is 10.2. The number of furan rings is 1. The minimum absolute atomic E-state index is 0.153. The molecule has 0 aliphatic heterocycles. The molecule has 1 heterocycles. The van der Waals surface area contributed by atoms with E-state index >= 15 is 0 Å². The van der Waals surface area contributed by atoms with E-state index in [0.29, 0.717) is 11.3 Å². The molecule has 0 unspecified atom stereocenters. The number of anilines is 1. The first-order valence-electron chi connectivity index (χ1n) is 5.56. The number of halogens is 3. The average Bonchev–Trinajstić information content (AvgIpc) is 2.76. The second-order valence-electron chi connectivity index (χ2n) is 3.96. The molecule has 1 amide bonds. The van der Waals surface area contributed by atoms with E-state index in [-0.39, 0.29) is 11.5 Å². The Morgan fingerprint density at radius 1 is 1.20 bits per heavy atom. The number of carbonyl (C=O) groups excluding carboxylic acids is 1. The van der Waals surface area contributed by atoms with Gasteiger partial charge in [-0.05, 0) is 37.3 Å². The molecule has 0 spiro atoms. The maximum atomic E-state index is 12.0. The van der Waals surface area contributed by atoms with Crippen molar-refractivity contribution in [2.75, 3.05) is 5.32 Å². The van der Waals surface area contributed by atoms with Gasteiger partial charge in [0.1, 0.15) is 5.75 Å². The number of rotatable bonds is 3. The predicted molar refractivity (Wildman–Crippen MR) is 64.5 cm³/mol. The number of ether oxygens (including phenoxy) is 1. The van der Waals surface area contributed by atoms with E-state index in [9.17, 15) is 18.0 Å². The summed E-state index contributed by atoms with van der Waals surface area (Å²) in [6.45, 7) is 1.71. The minimum Gasteiger partial charge on any atom is -0.459 e. The monoisotopic (exact) mass is 285 g/mol. The molecule has 0 atom stereocenters. The first-order chi connectivity index (χ1) is 9.35. The SMILES string of the molecule is Cc1ccoc1C(=O)Nc1ccc(OC(F)(F)F)cc1. The van der Waals surface area contributed by atoms with Crippen LogP contribution >= 0.6 is 0 Å². The first kappa shape index (κ1) is 14.0. The molecule has 0 aliphatic rings. The number of carbonyl (C=O) groups is 1. The van der Waals surface area contributed by atoms with Gasteiger partial charge in [-0.1, -0.05) is 0 Å². The molecule has 0 aliphatic carbocycles. The van der Waals surface area contributed by atoms with Crippen LogP contribution in [0.3, 0.4) is 0 Å². The quantitative estimate of drug-likeness (QED) is 0.934. The second kappa shape index (κ2) is 5.28. The summed E-state index contributed by atoms with van der Waals surface area (Å²) in [6.07, 6.45) is -3.36. The Bertz CT molecular complexity index is 602. The zero-order valence-electron chi connectivity index (χ0n) is 10.3. The molecule has 106 valence electrons. The molecule has 2 aromatic rings. The maximum Gasteiger partial charge on any atom is 0.573 e. The summed E-state index contributed by atoms with van der Waals surface area (Å²) in [5, 5.41) is 2.51. The molecular weight excluding hydrogens is 275 g/mol. The third-order valence-corrected chi connectivity index (χ3v) is 2.41. The van der Waals surface area contributed by atoms with Crippen molar-refractivity contribution in [3.05, 3.63) is 47.9 Å². The Kier molecular flexibility index (Phi) is 3.69. The molecule has 1 aromatic carbocycles. The largest absolute Gasteiger partial charge is 0.573 e. The van der Waals surface area contributed by atoms with Gasteiger partial charge in [-0.3, -0.25) is 4.79 Å². The molecule has 0 saturated heterocycles. The second-order valence-corrected chi connectivity index (χ2v) is 3.96. The number of hydrogen-bond acceptors (Lipinski definition) is 3. The van der Waals surface area contributed by atoms with Crippen LogP contribution in [-0.4, -0.2) is 12.3 Å². The number of alkyl halides is 3. The zero-order chi connectivity index (χ0) is 14.8. The van der Waals surface area contributed by atoms with Crippen molar-refractivity contribution in [1.29, 1.82) is 0 Å². The summed E-state index contributed by atoms with van der Waals surface area (Å²) in [4.78, 5) is 11.8. The number of benzene rings is 1. The van der Waals surface area contributed by atoms with Crippen LogP contribution in [0.5, 0.6) is 5.75 Å². The molecule has 0 radical (unpaired) electrons. The van der Waals surface area contributed by atoms with Crippen LogP contribution in [0.25, 0.3) is 0 Å². The summed E-state index contributed by atoms with van der Waals surface area (Å²) >= 11 is 0. The van der Waals surface area contributed by atoms with Gasteiger partial charge >= 0.3 is 6.36 Å². The molecule has 4 nitrogen and oxygen atoms in total. The normalized spacial score (nSPS) is 11.2. The van der Waals surface area contributed by atoms with Gasteiger partial charge in [0.25, 0.3) is 5.91 Å². The lowest BCUT2D eigenvalue weighted by Gasteiger charge is -2.09. The lowest BCUT2D eigenvalue weighted by molar-refractivity contribution is -0.274. The maximum absolute atomic E-state index is 12.0. The van der Waals surface area contributed by atoms with Crippen LogP contribution in [0.15, 0.2) is 41.0 Å². The minimum atomic E-state index is -4.74. The summed E-state index contributed by atoms with van der Waals surface area (Å²) in [5.41, 5.74) is 1.000. The number of aryl methyl sites for hydroxylation is 1. The number of hydrogen-bond donors (Lipinski definition) is 1. The van der Waals surface area contributed by atoms with Crippen molar-refractivity contribution < 1.29 is 27.1 Å².